The Morgan fingerprint density at radius 1 is 0.836 bits per heavy atom. The van der Waals surface area contributed by atoms with Crippen LogP contribution in [0, 0.1) is 51.2 Å². The molecule has 55 heavy (non-hydrogen) atoms. The maximum atomic E-state index is 11.6. The number of nitrogens with zero attached hydrogens (tertiary/aromatic N) is 2. The molecule has 0 spiro atoms. The van der Waals surface area contributed by atoms with Gasteiger partial charge in [-0.25, -0.2) is 4.79 Å². The van der Waals surface area contributed by atoms with Crippen molar-refractivity contribution in [3.63, 3.8) is 0 Å². The van der Waals surface area contributed by atoms with Crippen molar-refractivity contribution < 1.29 is 9.90 Å². The van der Waals surface area contributed by atoms with Gasteiger partial charge in [-0.2, -0.15) is 0 Å². The van der Waals surface area contributed by atoms with Gasteiger partial charge in [0.25, 0.3) is 0 Å². The van der Waals surface area contributed by atoms with Gasteiger partial charge in [-0.3, -0.25) is 9.80 Å². The number of carboxylic acids is 1. The lowest BCUT2D eigenvalue weighted by Crippen LogP contribution is -2.68. The first-order chi connectivity index (χ1) is 26.2. The zero-order valence-electron chi connectivity index (χ0n) is 34.9. The van der Waals surface area contributed by atoms with Crippen LogP contribution in [0.1, 0.15) is 127 Å². The average Bonchev–Trinajstić information content (AvgIpc) is 3.85. The lowest BCUT2D eigenvalue weighted by molar-refractivity contribution is -0.219. The molecule has 5 nitrogen and oxygen atoms in total. The predicted molar refractivity (Wildman–Crippen MR) is 225 cm³/mol. The highest BCUT2D eigenvalue weighted by molar-refractivity contribution is 5.88. The van der Waals surface area contributed by atoms with Crippen LogP contribution in [-0.4, -0.2) is 64.7 Å². The summed E-state index contributed by atoms with van der Waals surface area (Å²) in [5, 5.41) is 13.9. The van der Waals surface area contributed by atoms with E-state index in [0.717, 1.165) is 25.4 Å². The molecule has 2 aromatic rings. The van der Waals surface area contributed by atoms with Crippen molar-refractivity contribution in [2.45, 2.75) is 130 Å². The average molecular weight is 744 g/mol. The van der Waals surface area contributed by atoms with Gasteiger partial charge >= 0.3 is 5.97 Å². The monoisotopic (exact) mass is 744 g/mol. The highest BCUT2D eigenvalue weighted by atomic mass is 16.4. The Hall–Kier alpha value is -2.73. The maximum absolute atomic E-state index is 11.6. The molecule has 0 amide bonds. The van der Waals surface area contributed by atoms with Gasteiger partial charge in [0.1, 0.15) is 0 Å². The smallest absolute Gasteiger partial charge is 0.335 e. The molecule has 0 radical (unpaired) electrons. The van der Waals surface area contributed by atoms with E-state index in [9.17, 15) is 9.90 Å². The van der Waals surface area contributed by atoms with E-state index in [0.29, 0.717) is 52.1 Å². The van der Waals surface area contributed by atoms with E-state index < -0.39 is 5.97 Å². The molecule has 2 heterocycles. The van der Waals surface area contributed by atoms with Crippen LogP contribution in [0.2, 0.25) is 0 Å². The van der Waals surface area contributed by atoms with E-state index >= 15 is 0 Å². The van der Waals surface area contributed by atoms with Gasteiger partial charge < -0.3 is 10.4 Å². The predicted octanol–water partition coefficient (Wildman–Crippen LogP) is 10.3. The van der Waals surface area contributed by atoms with Crippen LogP contribution in [-0.2, 0) is 6.54 Å². The number of hydrogen-bond donors (Lipinski definition) is 2. The first-order valence-electron chi connectivity index (χ1n) is 22.2. The molecule has 5 heteroatoms. The SMILES string of the molecule is C=C(C)[C@@H]1CC[C@]2(NCCN3C[C@@H]4C[C@H]3CN4Cc3ccccc3)CC[C@]3(C)[C@H](CC[C@@H]4[C@@]5(C)CC=C(c6ccc(C(=O)O)cc6)C(C)(C)[C@@H]5CC[C@]43C)C12. The normalized spacial score (nSPS) is 41.9. The van der Waals surface area contributed by atoms with Gasteiger partial charge in [0, 0.05) is 50.3 Å². The summed E-state index contributed by atoms with van der Waals surface area (Å²) in [6.45, 7) is 26.1. The molecule has 1 unspecified atom stereocenters. The number of fused-ring (bicyclic) bond motifs is 9. The Balaban J connectivity index is 0.919. The van der Waals surface area contributed by atoms with Crippen LogP contribution in [0.25, 0.3) is 5.57 Å². The van der Waals surface area contributed by atoms with Crippen LogP contribution >= 0.6 is 0 Å². The summed E-state index contributed by atoms with van der Waals surface area (Å²) in [6.07, 6.45) is 15.6. The first kappa shape index (κ1) is 37.8. The van der Waals surface area contributed by atoms with Gasteiger partial charge in [-0.05, 0) is 151 Å². The minimum Gasteiger partial charge on any atom is -0.478 e. The largest absolute Gasteiger partial charge is 0.478 e. The third-order valence-electron chi connectivity index (χ3n) is 18.7. The topological polar surface area (TPSA) is 55.8 Å². The molecule has 2 saturated heterocycles. The van der Waals surface area contributed by atoms with Crippen LogP contribution in [0.15, 0.2) is 72.8 Å². The Morgan fingerprint density at radius 2 is 1.56 bits per heavy atom. The minimum absolute atomic E-state index is 0.0357. The Labute approximate surface area is 332 Å². The summed E-state index contributed by atoms with van der Waals surface area (Å²) in [6, 6.07) is 20.2. The molecule has 2 bridgehead atoms. The zero-order chi connectivity index (χ0) is 38.5. The fraction of sp³-hybridized carbons (Fsp3) is 0.660. The number of carbonyl (C=O) groups is 1. The van der Waals surface area contributed by atoms with Crippen molar-refractivity contribution >= 4 is 11.5 Å². The molecular formula is C50H69N3O2. The molecule has 5 aliphatic carbocycles. The summed E-state index contributed by atoms with van der Waals surface area (Å²) in [5.41, 5.74) is 7.06. The summed E-state index contributed by atoms with van der Waals surface area (Å²) in [4.78, 5) is 17.2. The van der Waals surface area contributed by atoms with Crippen LogP contribution < -0.4 is 5.32 Å². The Kier molecular flexibility index (Phi) is 9.23. The molecule has 2 aromatic carbocycles. The second-order valence-electron chi connectivity index (χ2n) is 21.1. The third kappa shape index (κ3) is 5.74. The Morgan fingerprint density at radius 3 is 2.25 bits per heavy atom. The van der Waals surface area contributed by atoms with Crippen molar-refractivity contribution in [1.29, 1.82) is 0 Å². The second kappa shape index (κ2) is 13.4. The molecule has 2 aliphatic heterocycles. The van der Waals surface area contributed by atoms with Gasteiger partial charge in [0.15, 0.2) is 0 Å². The number of benzene rings is 2. The first-order valence-corrected chi connectivity index (χ1v) is 22.2. The van der Waals surface area contributed by atoms with E-state index in [1.54, 1.807) is 12.1 Å². The van der Waals surface area contributed by atoms with Gasteiger partial charge in [-0.1, -0.05) is 95.3 Å². The van der Waals surface area contributed by atoms with E-state index in [-0.39, 0.29) is 16.4 Å². The van der Waals surface area contributed by atoms with Crippen molar-refractivity contribution in [2.75, 3.05) is 26.2 Å². The number of aromatic carboxylic acids is 1. The number of allylic oxidation sites excluding steroid dienone is 3. The van der Waals surface area contributed by atoms with E-state index in [2.05, 4.69) is 112 Å². The zero-order valence-corrected chi connectivity index (χ0v) is 34.9. The number of likely N-dealkylation sites (tertiary alicyclic amines) is 2. The third-order valence-corrected chi connectivity index (χ3v) is 18.7. The van der Waals surface area contributed by atoms with Gasteiger partial charge in [0.05, 0.1) is 5.56 Å². The Bertz CT molecular complexity index is 1830. The number of nitrogens with one attached hydrogen (secondary N) is 1. The summed E-state index contributed by atoms with van der Waals surface area (Å²) >= 11 is 0. The highest BCUT2D eigenvalue weighted by Gasteiger charge is 2.70. The van der Waals surface area contributed by atoms with Crippen molar-refractivity contribution in [1.82, 2.24) is 15.1 Å². The van der Waals surface area contributed by atoms with Gasteiger partial charge in [0.2, 0.25) is 0 Å². The standard InChI is InChI=1S/C50H69N3O2/c1-33(2)39-19-24-50(51-27-28-52-31-38-29-37(52)32-53(38)30-34-11-9-8-10-12-34)26-25-48(6)41(44(39)50)17-18-43-47(5)22-20-40(35-13-15-36(16-14-35)45(54)55)46(3,4)42(47)21-23-49(43,48)7/h8-16,20,37-39,41-44,51H,1,17-19,21-32H2,2-7H3,(H,54,55)/t37-,38-,39-,41+,42-,43+,44?,47-,48+,49+,50-/m0/s1. The summed E-state index contributed by atoms with van der Waals surface area (Å²) in [7, 11) is 0. The molecule has 2 N–H and O–H groups in total. The number of carboxylic acid groups (broad SMARTS) is 1. The second-order valence-corrected chi connectivity index (χ2v) is 21.1. The van der Waals surface area contributed by atoms with Crippen LogP contribution in [0.4, 0.5) is 0 Å². The highest BCUT2D eigenvalue weighted by Crippen LogP contribution is 2.76. The fourth-order valence-corrected chi connectivity index (χ4v) is 15.9. The molecule has 0 aromatic heterocycles. The summed E-state index contributed by atoms with van der Waals surface area (Å²) < 4.78 is 0. The van der Waals surface area contributed by atoms with Crippen LogP contribution in [0.5, 0.6) is 0 Å². The van der Waals surface area contributed by atoms with E-state index in [1.165, 1.54) is 99.7 Å². The minimum atomic E-state index is -0.852. The molecule has 4 saturated carbocycles. The molecule has 9 rings (SSSR count). The molecule has 11 atom stereocenters. The lowest BCUT2D eigenvalue weighted by atomic mass is 9.33. The molecular weight excluding hydrogens is 675 g/mol. The number of hydrogen-bond acceptors (Lipinski definition) is 4. The number of rotatable bonds is 9. The molecule has 6 fully saturated rings. The lowest BCUT2D eigenvalue weighted by Gasteiger charge is -2.72. The summed E-state index contributed by atoms with van der Waals surface area (Å²) in [5.74, 6) is 2.53. The quantitative estimate of drug-likeness (QED) is 0.251. The van der Waals surface area contributed by atoms with E-state index in [4.69, 9.17) is 0 Å². The maximum Gasteiger partial charge on any atom is 0.335 e. The van der Waals surface area contributed by atoms with Gasteiger partial charge in [-0.15, -0.1) is 0 Å². The van der Waals surface area contributed by atoms with Crippen molar-refractivity contribution in [3.05, 3.63) is 89.5 Å². The van der Waals surface area contributed by atoms with E-state index in [1.807, 2.05) is 0 Å². The molecule has 296 valence electrons. The molecule has 7 aliphatic rings. The fourth-order valence-electron chi connectivity index (χ4n) is 15.9. The number of piperazine rings is 1. The van der Waals surface area contributed by atoms with Crippen LogP contribution in [0.3, 0.4) is 0 Å². The van der Waals surface area contributed by atoms with Crippen molar-refractivity contribution in [2.24, 2.45) is 51.2 Å². The van der Waals surface area contributed by atoms with Crippen molar-refractivity contribution in [3.8, 4) is 0 Å².